The quantitative estimate of drug-likeness (QED) is 0.795. The first-order valence-corrected chi connectivity index (χ1v) is 6.99. The van der Waals surface area contributed by atoms with Gasteiger partial charge in [-0.2, -0.15) is 0 Å². The van der Waals surface area contributed by atoms with E-state index in [4.69, 9.17) is 0 Å². The standard InChI is InChI=1S/C16H17N5/c1-11(2)20-10-13-5-6-19-16(21-13)12-3-4-14-15(9-12)18-8-7-17-14/h3-9,11,20H,10H2,1-2H3. The zero-order valence-corrected chi connectivity index (χ0v) is 12.1. The highest BCUT2D eigenvalue weighted by molar-refractivity contribution is 5.79. The second-order valence-electron chi connectivity index (χ2n) is 5.17. The fourth-order valence-corrected chi connectivity index (χ4v) is 2.04. The van der Waals surface area contributed by atoms with Crippen LogP contribution in [0.2, 0.25) is 0 Å². The Hall–Kier alpha value is -2.40. The van der Waals surface area contributed by atoms with E-state index < -0.39 is 0 Å². The molecular weight excluding hydrogens is 262 g/mol. The third-order valence-corrected chi connectivity index (χ3v) is 3.13. The third-order valence-electron chi connectivity index (χ3n) is 3.13. The molecule has 5 heteroatoms. The van der Waals surface area contributed by atoms with Gasteiger partial charge in [0.2, 0.25) is 0 Å². The number of rotatable bonds is 4. The summed E-state index contributed by atoms with van der Waals surface area (Å²) in [5.41, 5.74) is 3.66. The van der Waals surface area contributed by atoms with E-state index in [2.05, 4.69) is 39.1 Å². The molecule has 3 rings (SSSR count). The summed E-state index contributed by atoms with van der Waals surface area (Å²) in [5.74, 6) is 0.714. The van der Waals surface area contributed by atoms with Crippen LogP contribution in [-0.4, -0.2) is 26.0 Å². The summed E-state index contributed by atoms with van der Waals surface area (Å²) in [6.45, 7) is 4.97. The van der Waals surface area contributed by atoms with E-state index >= 15 is 0 Å². The van der Waals surface area contributed by atoms with Gasteiger partial charge in [-0.15, -0.1) is 0 Å². The molecule has 0 aliphatic rings. The normalized spacial score (nSPS) is 11.2. The first kappa shape index (κ1) is 13.6. The van der Waals surface area contributed by atoms with Crippen LogP contribution in [0.4, 0.5) is 0 Å². The largest absolute Gasteiger partial charge is 0.309 e. The minimum atomic E-state index is 0.430. The Balaban J connectivity index is 1.92. The molecule has 0 saturated heterocycles. The molecule has 0 unspecified atom stereocenters. The molecule has 1 aromatic carbocycles. The van der Waals surface area contributed by atoms with Crippen molar-refractivity contribution in [2.24, 2.45) is 0 Å². The summed E-state index contributed by atoms with van der Waals surface area (Å²) in [6.07, 6.45) is 5.17. The van der Waals surface area contributed by atoms with Crippen molar-refractivity contribution in [3.8, 4) is 11.4 Å². The van der Waals surface area contributed by atoms with Crippen LogP contribution in [0.15, 0.2) is 42.9 Å². The maximum Gasteiger partial charge on any atom is 0.159 e. The summed E-state index contributed by atoms with van der Waals surface area (Å²) in [4.78, 5) is 17.5. The lowest BCUT2D eigenvalue weighted by atomic mass is 10.2. The number of nitrogens with one attached hydrogen (secondary N) is 1. The molecule has 3 aromatic rings. The monoisotopic (exact) mass is 279 g/mol. The van der Waals surface area contributed by atoms with Crippen LogP contribution in [0.5, 0.6) is 0 Å². The van der Waals surface area contributed by atoms with Crippen LogP contribution in [0.1, 0.15) is 19.5 Å². The van der Waals surface area contributed by atoms with Gasteiger partial charge in [0.05, 0.1) is 16.7 Å². The second kappa shape index (κ2) is 5.93. The second-order valence-corrected chi connectivity index (χ2v) is 5.17. The zero-order valence-electron chi connectivity index (χ0n) is 12.1. The van der Waals surface area contributed by atoms with Crippen molar-refractivity contribution in [2.75, 3.05) is 0 Å². The first-order chi connectivity index (χ1) is 10.2. The Bertz CT molecular complexity index is 754. The fraction of sp³-hybridized carbons (Fsp3) is 0.250. The van der Waals surface area contributed by atoms with Crippen molar-refractivity contribution in [3.63, 3.8) is 0 Å². The smallest absolute Gasteiger partial charge is 0.159 e. The molecule has 0 aliphatic heterocycles. The Morgan fingerprint density at radius 2 is 1.76 bits per heavy atom. The molecule has 106 valence electrons. The average molecular weight is 279 g/mol. The predicted octanol–water partition coefficient (Wildman–Crippen LogP) is 2.58. The molecule has 0 bridgehead atoms. The molecule has 0 amide bonds. The Morgan fingerprint density at radius 1 is 0.952 bits per heavy atom. The van der Waals surface area contributed by atoms with Crippen molar-refractivity contribution in [1.29, 1.82) is 0 Å². The van der Waals surface area contributed by atoms with Crippen LogP contribution in [-0.2, 0) is 6.54 Å². The van der Waals surface area contributed by atoms with Gasteiger partial charge in [-0.05, 0) is 24.3 Å². The summed E-state index contributed by atoms with van der Waals surface area (Å²) in [6, 6.07) is 8.25. The van der Waals surface area contributed by atoms with Crippen molar-refractivity contribution < 1.29 is 0 Å². The summed E-state index contributed by atoms with van der Waals surface area (Å²) >= 11 is 0. The number of aromatic nitrogens is 4. The molecule has 0 fully saturated rings. The molecule has 2 aromatic heterocycles. The third kappa shape index (κ3) is 3.20. The SMILES string of the molecule is CC(C)NCc1ccnc(-c2ccc3nccnc3c2)n1. The number of fused-ring (bicyclic) bond motifs is 1. The van der Waals surface area contributed by atoms with E-state index in [1.165, 1.54) is 0 Å². The van der Waals surface area contributed by atoms with Crippen LogP contribution < -0.4 is 5.32 Å². The topological polar surface area (TPSA) is 63.6 Å². The number of nitrogens with zero attached hydrogens (tertiary/aromatic N) is 4. The lowest BCUT2D eigenvalue weighted by Crippen LogP contribution is -2.22. The average Bonchev–Trinajstić information content (AvgIpc) is 2.53. The molecule has 5 nitrogen and oxygen atoms in total. The minimum absolute atomic E-state index is 0.430. The van der Waals surface area contributed by atoms with Crippen molar-refractivity contribution in [2.45, 2.75) is 26.4 Å². The highest BCUT2D eigenvalue weighted by Crippen LogP contribution is 2.19. The number of hydrogen-bond donors (Lipinski definition) is 1. The molecule has 0 spiro atoms. The Labute approximate surface area is 123 Å². The van der Waals surface area contributed by atoms with Gasteiger partial charge < -0.3 is 5.32 Å². The number of benzene rings is 1. The van der Waals surface area contributed by atoms with Crippen LogP contribution in [0.25, 0.3) is 22.4 Å². The van der Waals surface area contributed by atoms with Crippen LogP contribution in [0.3, 0.4) is 0 Å². The molecular formula is C16H17N5. The van der Waals surface area contributed by atoms with E-state index in [0.717, 1.165) is 28.8 Å². The lowest BCUT2D eigenvalue weighted by molar-refractivity contribution is 0.581. The first-order valence-electron chi connectivity index (χ1n) is 6.99. The highest BCUT2D eigenvalue weighted by atomic mass is 14.9. The van der Waals surface area contributed by atoms with Gasteiger partial charge in [0.25, 0.3) is 0 Å². The molecule has 21 heavy (non-hydrogen) atoms. The van der Waals surface area contributed by atoms with Gasteiger partial charge in [-0.25, -0.2) is 9.97 Å². The van der Waals surface area contributed by atoms with Gasteiger partial charge in [-0.1, -0.05) is 13.8 Å². The minimum Gasteiger partial charge on any atom is -0.309 e. The summed E-state index contributed by atoms with van der Waals surface area (Å²) in [5, 5.41) is 3.36. The van der Waals surface area contributed by atoms with E-state index in [0.29, 0.717) is 11.9 Å². The van der Waals surface area contributed by atoms with Crippen molar-refractivity contribution in [1.82, 2.24) is 25.3 Å². The highest BCUT2D eigenvalue weighted by Gasteiger charge is 2.05. The summed E-state index contributed by atoms with van der Waals surface area (Å²) in [7, 11) is 0. The van der Waals surface area contributed by atoms with Gasteiger partial charge >= 0.3 is 0 Å². The Kier molecular flexibility index (Phi) is 3.83. The lowest BCUT2D eigenvalue weighted by Gasteiger charge is -2.08. The van der Waals surface area contributed by atoms with Crippen molar-refractivity contribution in [3.05, 3.63) is 48.5 Å². The van der Waals surface area contributed by atoms with E-state index in [1.807, 2.05) is 24.3 Å². The summed E-state index contributed by atoms with van der Waals surface area (Å²) < 4.78 is 0. The molecule has 0 aliphatic carbocycles. The van der Waals surface area contributed by atoms with Crippen LogP contribution in [0, 0.1) is 0 Å². The molecule has 0 saturated carbocycles. The van der Waals surface area contributed by atoms with Gasteiger partial charge in [0, 0.05) is 36.7 Å². The Morgan fingerprint density at radius 3 is 2.57 bits per heavy atom. The van der Waals surface area contributed by atoms with Crippen LogP contribution >= 0.6 is 0 Å². The number of hydrogen-bond acceptors (Lipinski definition) is 5. The zero-order chi connectivity index (χ0) is 14.7. The van der Waals surface area contributed by atoms with Crippen molar-refractivity contribution >= 4 is 11.0 Å². The van der Waals surface area contributed by atoms with Gasteiger partial charge in [0.1, 0.15) is 0 Å². The van der Waals surface area contributed by atoms with E-state index in [-0.39, 0.29) is 0 Å². The maximum absolute atomic E-state index is 4.60. The van der Waals surface area contributed by atoms with Gasteiger partial charge in [-0.3, -0.25) is 9.97 Å². The maximum atomic E-state index is 4.60. The predicted molar refractivity (Wildman–Crippen MR) is 82.5 cm³/mol. The van der Waals surface area contributed by atoms with E-state index in [1.54, 1.807) is 18.6 Å². The molecule has 1 N–H and O–H groups in total. The molecule has 0 atom stereocenters. The molecule has 0 radical (unpaired) electrons. The van der Waals surface area contributed by atoms with Gasteiger partial charge in [0.15, 0.2) is 5.82 Å². The molecule has 2 heterocycles. The fourth-order valence-electron chi connectivity index (χ4n) is 2.04. The van der Waals surface area contributed by atoms with E-state index in [9.17, 15) is 0 Å².